The molecule has 1 aromatic heterocycles. The van der Waals surface area contributed by atoms with E-state index in [-0.39, 0.29) is 11.3 Å². The van der Waals surface area contributed by atoms with Gasteiger partial charge in [-0.15, -0.1) is 5.10 Å². The summed E-state index contributed by atoms with van der Waals surface area (Å²) in [4.78, 5) is 11.4. The lowest BCUT2D eigenvalue weighted by Crippen LogP contribution is -2.35. The maximum Gasteiger partial charge on any atom is 0.272 e. The molecule has 0 unspecified atom stereocenters. The molecule has 6 heteroatoms. The van der Waals surface area contributed by atoms with E-state index in [0.29, 0.717) is 12.2 Å². The lowest BCUT2D eigenvalue weighted by atomic mass is 9.97. The molecule has 0 spiro atoms. The second kappa shape index (κ2) is 4.84. The Morgan fingerprint density at radius 1 is 1.71 bits per heavy atom. The molecule has 0 aliphatic rings. The number of hydrogen-bond acceptors (Lipinski definition) is 4. The van der Waals surface area contributed by atoms with E-state index in [1.165, 1.54) is 11.5 Å². The molecule has 14 heavy (non-hydrogen) atoms. The predicted octanol–water partition coefficient (Wildman–Crippen LogP) is 1.69. The van der Waals surface area contributed by atoms with Crippen molar-refractivity contribution in [3.8, 4) is 0 Å². The molecule has 0 bridgehead atoms. The van der Waals surface area contributed by atoms with E-state index in [9.17, 15) is 4.79 Å². The summed E-state index contributed by atoms with van der Waals surface area (Å²) in [7, 11) is 0. The Balaban J connectivity index is 2.43. The van der Waals surface area contributed by atoms with Crippen molar-refractivity contribution in [2.75, 3.05) is 11.9 Å². The van der Waals surface area contributed by atoms with E-state index in [4.69, 9.17) is 0 Å². The zero-order chi connectivity index (χ0) is 10.6. The van der Waals surface area contributed by atoms with Crippen molar-refractivity contribution in [2.24, 2.45) is 5.41 Å². The van der Waals surface area contributed by atoms with Gasteiger partial charge in [0.05, 0.1) is 0 Å². The van der Waals surface area contributed by atoms with E-state index in [1.807, 2.05) is 0 Å². The largest absolute Gasteiger partial charge is 0.350 e. The van der Waals surface area contributed by atoms with Crippen LogP contribution in [0.2, 0.25) is 0 Å². The van der Waals surface area contributed by atoms with Crippen LogP contribution in [0.25, 0.3) is 0 Å². The summed E-state index contributed by atoms with van der Waals surface area (Å²) in [5, 5.41) is 8.98. The van der Waals surface area contributed by atoms with Gasteiger partial charge in [-0.25, -0.2) is 0 Å². The van der Waals surface area contributed by atoms with Crippen LogP contribution in [0, 0.1) is 5.41 Å². The highest BCUT2D eigenvalue weighted by Gasteiger charge is 2.18. The highest BCUT2D eigenvalue weighted by atomic mass is 79.9. The number of carbonyl (C=O) groups is 1. The first-order valence-electron chi connectivity index (χ1n) is 4.16. The Hall–Kier alpha value is -0.490. The topological polar surface area (TPSA) is 54.9 Å². The molecule has 1 N–H and O–H groups in total. The van der Waals surface area contributed by atoms with E-state index in [1.54, 1.807) is 5.38 Å². The van der Waals surface area contributed by atoms with Gasteiger partial charge in [0.15, 0.2) is 5.69 Å². The molecule has 0 atom stereocenters. The van der Waals surface area contributed by atoms with Crippen molar-refractivity contribution in [1.82, 2.24) is 14.9 Å². The van der Waals surface area contributed by atoms with Crippen molar-refractivity contribution < 1.29 is 4.79 Å². The van der Waals surface area contributed by atoms with Crippen LogP contribution in [0.1, 0.15) is 24.3 Å². The minimum absolute atomic E-state index is 0.0547. The summed E-state index contributed by atoms with van der Waals surface area (Å²) in [5.74, 6) is -0.159. The van der Waals surface area contributed by atoms with Gasteiger partial charge in [-0.05, 0) is 16.9 Å². The summed E-state index contributed by atoms with van der Waals surface area (Å²) in [5.41, 5.74) is 0.444. The second-order valence-electron chi connectivity index (χ2n) is 3.77. The molecule has 0 aliphatic heterocycles. The standard InChI is InChI=1S/C8H12BrN3OS/c1-8(2,4-9)5-10-7(13)6-3-14-12-11-6/h3H,4-5H2,1-2H3,(H,10,13). The molecular weight excluding hydrogens is 266 g/mol. The molecule has 1 heterocycles. The molecule has 0 fully saturated rings. The van der Waals surface area contributed by atoms with Gasteiger partial charge in [0.25, 0.3) is 5.91 Å². The molecule has 1 rings (SSSR count). The average Bonchev–Trinajstić information content (AvgIpc) is 2.67. The maximum atomic E-state index is 11.4. The fourth-order valence-corrected chi connectivity index (χ4v) is 1.36. The summed E-state index contributed by atoms with van der Waals surface area (Å²) in [6.45, 7) is 4.76. The molecule has 78 valence electrons. The van der Waals surface area contributed by atoms with Gasteiger partial charge in [0.2, 0.25) is 0 Å². The second-order valence-corrected chi connectivity index (χ2v) is 4.94. The predicted molar refractivity (Wildman–Crippen MR) is 59.8 cm³/mol. The Bertz CT molecular complexity index is 300. The van der Waals surface area contributed by atoms with Gasteiger partial charge >= 0.3 is 0 Å². The van der Waals surface area contributed by atoms with Gasteiger partial charge in [0, 0.05) is 17.3 Å². The van der Waals surface area contributed by atoms with Gasteiger partial charge in [-0.1, -0.05) is 34.3 Å². The first kappa shape index (κ1) is 11.6. The van der Waals surface area contributed by atoms with Crippen molar-refractivity contribution in [3.05, 3.63) is 11.1 Å². The third kappa shape index (κ3) is 3.34. The third-order valence-corrected chi connectivity index (χ3v) is 3.70. The Labute approximate surface area is 95.4 Å². The Morgan fingerprint density at radius 3 is 2.93 bits per heavy atom. The molecule has 1 amide bonds. The lowest BCUT2D eigenvalue weighted by Gasteiger charge is -2.21. The van der Waals surface area contributed by atoms with E-state index >= 15 is 0 Å². The minimum Gasteiger partial charge on any atom is -0.350 e. The molecule has 4 nitrogen and oxygen atoms in total. The number of nitrogens with zero attached hydrogens (tertiary/aromatic N) is 2. The maximum absolute atomic E-state index is 11.4. The van der Waals surface area contributed by atoms with Crippen LogP contribution in [0.5, 0.6) is 0 Å². The van der Waals surface area contributed by atoms with Gasteiger partial charge in [-0.2, -0.15) is 0 Å². The van der Waals surface area contributed by atoms with Crippen LogP contribution in [-0.4, -0.2) is 27.4 Å². The molecular formula is C8H12BrN3OS. The molecule has 0 radical (unpaired) electrons. The van der Waals surface area contributed by atoms with Crippen molar-refractivity contribution in [1.29, 1.82) is 0 Å². The molecule has 0 aromatic carbocycles. The van der Waals surface area contributed by atoms with E-state index < -0.39 is 0 Å². The number of rotatable bonds is 4. The van der Waals surface area contributed by atoms with Crippen LogP contribution in [0.4, 0.5) is 0 Å². The molecule has 1 aromatic rings. The van der Waals surface area contributed by atoms with Crippen LogP contribution in [-0.2, 0) is 0 Å². The zero-order valence-corrected chi connectivity index (χ0v) is 10.5. The van der Waals surface area contributed by atoms with Crippen LogP contribution in [0.3, 0.4) is 0 Å². The van der Waals surface area contributed by atoms with Crippen molar-refractivity contribution in [3.63, 3.8) is 0 Å². The number of nitrogens with one attached hydrogen (secondary N) is 1. The van der Waals surface area contributed by atoms with Crippen LogP contribution < -0.4 is 5.32 Å². The lowest BCUT2D eigenvalue weighted by molar-refractivity contribution is 0.0935. The highest BCUT2D eigenvalue weighted by molar-refractivity contribution is 9.09. The summed E-state index contributed by atoms with van der Waals surface area (Å²) in [6.07, 6.45) is 0. The fourth-order valence-electron chi connectivity index (χ4n) is 0.721. The molecule has 0 saturated carbocycles. The summed E-state index contributed by atoms with van der Waals surface area (Å²) in [6, 6.07) is 0. The Kier molecular flexibility index (Phi) is 4.00. The number of hydrogen-bond donors (Lipinski definition) is 1. The number of carbonyl (C=O) groups excluding carboxylic acids is 1. The SMILES string of the molecule is CC(C)(CBr)CNC(=O)c1csnn1. The quantitative estimate of drug-likeness (QED) is 0.853. The fraction of sp³-hybridized carbons (Fsp3) is 0.625. The average molecular weight is 278 g/mol. The highest BCUT2D eigenvalue weighted by Crippen LogP contribution is 2.16. The summed E-state index contributed by atoms with van der Waals surface area (Å²) >= 11 is 4.57. The first-order chi connectivity index (χ1) is 6.55. The zero-order valence-electron chi connectivity index (χ0n) is 8.08. The van der Waals surface area contributed by atoms with Crippen molar-refractivity contribution in [2.45, 2.75) is 13.8 Å². The molecule has 0 aliphatic carbocycles. The van der Waals surface area contributed by atoms with Crippen molar-refractivity contribution >= 4 is 33.4 Å². The summed E-state index contributed by atoms with van der Waals surface area (Å²) < 4.78 is 3.63. The van der Waals surface area contributed by atoms with E-state index in [2.05, 4.69) is 44.7 Å². The Morgan fingerprint density at radius 2 is 2.43 bits per heavy atom. The molecule has 0 saturated heterocycles. The van der Waals surface area contributed by atoms with E-state index in [0.717, 1.165) is 5.33 Å². The van der Waals surface area contributed by atoms with Gasteiger partial charge in [0.1, 0.15) is 0 Å². The number of alkyl halides is 1. The monoisotopic (exact) mass is 277 g/mol. The number of amides is 1. The number of halogens is 1. The first-order valence-corrected chi connectivity index (χ1v) is 6.12. The van der Waals surface area contributed by atoms with Crippen LogP contribution in [0.15, 0.2) is 5.38 Å². The van der Waals surface area contributed by atoms with Gasteiger partial charge in [-0.3, -0.25) is 4.79 Å². The smallest absolute Gasteiger partial charge is 0.272 e. The van der Waals surface area contributed by atoms with Crippen LogP contribution >= 0.6 is 27.5 Å². The minimum atomic E-state index is -0.159. The van der Waals surface area contributed by atoms with Gasteiger partial charge < -0.3 is 5.32 Å². The number of aromatic nitrogens is 2. The third-order valence-electron chi connectivity index (χ3n) is 1.68. The normalized spacial score (nSPS) is 11.4.